The highest BCUT2D eigenvalue weighted by atomic mass is 19.4. The number of benzene rings is 1. The van der Waals surface area contributed by atoms with Crippen LogP contribution in [-0.4, -0.2) is 11.6 Å². The Kier molecular flexibility index (Phi) is 2.73. The van der Waals surface area contributed by atoms with E-state index in [9.17, 15) is 17.6 Å². The molecule has 92 valence electrons. The minimum Gasteiger partial charge on any atom is -0.491 e. The van der Waals surface area contributed by atoms with Crippen molar-refractivity contribution in [2.75, 3.05) is 6.61 Å². The van der Waals surface area contributed by atoms with Crippen LogP contribution in [0.5, 0.6) is 5.75 Å². The zero-order valence-corrected chi connectivity index (χ0v) is 8.86. The molecule has 0 saturated heterocycles. The van der Waals surface area contributed by atoms with E-state index in [-0.39, 0.29) is 23.3 Å². The van der Waals surface area contributed by atoms with Crippen LogP contribution in [0.4, 0.5) is 17.6 Å². The topological polar surface area (TPSA) is 25.0 Å². The van der Waals surface area contributed by atoms with E-state index >= 15 is 0 Å². The molecule has 1 N–H and O–H groups in total. The summed E-state index contributed by atoms with van der Waals surface area (Å²) in [5.41, 5.74) is -0.877. The van der Waals surface area contributed by atoms with Crippen LogP contribution in [0.2, 0.25) is 0 Å². The van der Waals surface area contributed by atoms with Gasteiger partial charge >= 0.3 is 6.18 Å². The van der Waals surface area contributed by atoms with Crippen molar-refractivity contribution in [1.82, 2.24) is 4.98 Å². The van der Waals surface area contributed by atoms with Gasteiger partial charge < -0.3 is 9.72 Å². The number of rotatable bonds is 2. The third-order valence-corrected chi connectivity index (χ3v) is 2.31. The van der Waals surface area contributed by atoms with Gasteiger partial charge in [-0.1, -0.05) is 0 Å². The highest BCUT2D eigenvalue weighted by Gasteiger charge is 2.33. The molecule has 0 bridgehead atoms. The van der Waals surface area contributed by atoms with Gasteiger partial charge in [0.1, 0.15) is 5.69 Å². The van der Waals surface area contributed by atoms with E-state index in [0.29, 0.717) is 0 Å². The van der Waals surface area contributed by atoms with Gasteiger partial charge in [0.15, 0.2) is 11.6 Å². The number of fused-ring (bicyclic) bond motifs is 1. The summed E-state index contributed by atoms with van der Waals surface area (Å²) in [5, 5.41) is -0.122. The minimum atomic E-state index is -4.52. The van der Waals surface area contributed by atoms with Gasteiger partial charge in [-0.3, -0.25) is 0 Å². The molecule has 1 aromatic carbocycles. The van der Waals surface area contributed by atoms with E-state index < -0.39 is 17.7 Å². The van der Waals surface area contributed by atoms with Crippen molar-refractivity contribution in [2.24, 2.45) is 0 Å². The molecule has 0 unspecified atom stereocenters. The maximum Gasteiger partial charge on any atom is 0.431 e. The van der Waals surface area contributed by atoms with Crippen LogP contribution in [-0.2, 0) is 6.18 Å². The first kappa shape index (κ1) is 11.8. The summed E-state index contributed by atoms with van der Waals surface area (Å²) in [7, 11) is 0. The van der Waals surface area contributed by atoms with Crippen LogP contribution in [0.15, 0.2) is 18.2 Å². The number of aromatic nitrogens is 1. The maximum atomic E-state index is 13.7. The second kappa shape index (κ2) is 3.94. The summed E-state index contributed by atoms with van der Waals surface area (Å²) in [6, 6.07) is 3.41. The molecule has 0 atom stereocenters. The Morgan fingerprint density at radius 2 is 2.00 bits per heavy atom. The zero-order valence-electron chi connectivity index (χ0n) is 8.86. The zero-order chi connectivity index (χ0) is 12.6. The molecular formula is C11H9F4NO. The van der Waals surface area contributed by atoms with Crippen LogP contribution >= 0.6 is 0 Å². The van der Waals surface area contributed by atoms with E-state index in [0.717, 1.165) is 6.07 Å². The third-order valence-electron chi connectivity index (χ3n) is 2.31. The first-order valence-corrected chi connectivity index (χ1v) is 4.94. The largest absolute Gasteiger partial charge is 0.491 e. The van der Waals surface area contributed by atoms with Crippen LogP contribution in [0.1, 0.15) is 12.6 Å². The van der Waals surface area contributed by atoms with Crippen molar-refractivity contribution in [3.8, 4) is 5.75 Å². The molecule has 2 aromatic rings. The van der Waals surface area contributed by atoms with Gasteiger partial charge in [0, 0.05) is 10.9 Å². The SMILES string of the molecule is CCOc1ccc2[nH]c(C(F)(F)F)cc2c1F. The number of ether oxygens (including phenoxy) is 1. The van der Waals surface area contributed by atoms with E-state index in [4.69, 9.17) is 4.74 Å². The highest BCUT2D eigenvalue weighted by molar-refractivity contribution is 5.83. The Balaban J connectivity index is 2.58. The smallest absolute Gasteiger partial charge is 0.431 e. The van der Waals surface area contributed by atoms with E-state index in [1.54, 1.807) is 6.92 Å². The molecule has 0 saturated carbocycles. The number of H-pyrrole nitrogens is 1. The van der Waals surface area contributed by atoms with Crippen molar-refractivity contribution in [3.63, 3.8) is 0 Å². The Morgan fingerprint density at radius 1 is 1.29 bits per heavy atom. The van der Waals surface area contributed by atoms with Crippen molar-refractivity contribution in [3.05, 3.63) is 29.7 Å². The fourth-order valence-electron chi connectivity index (χ4n) is 1.57. The molecule has 0 aliphatic rings. The van der Waals surface area contributed by atoms with E-state index in [1.165, 1.54) is 12.1 Å². The van der Waals surface area contributed by atoms with Crippen molar-refractivity contribution < 1.29 is 22.3 Å². The molecule has 1 aromatic heterocycles. The van der Waals surface area contributed by atoms with E-state index in [1.807, 2.05) is 0 Å². The summed E-state index contributed by atoms with van der Waals surface area (Å²) in [5.74, 6) is -0.830. The Morgan fingerprint density at radius 3 is 2.59 bits per heavy atom. The minimum absolute atomic E-state index is 0.0484. The lowest BCUT2D eigenvalue weighted by atomic mass is 10.2. The van der Waals surface area contributed by atoms with Crippen molar-refractivity contribution >= 4 is 10.9 Å². The molecule has 0 radical (unpaired) electrons. The molecule has 1 heterocycles. The molecule has 0 aliphatic carbocycles. The van der Waals surface area contributed by atoms with Crippen molar-refractivity contribution in [1.29, 1.82) is 0 Å². The Hall–Kier alpha value is -1.72. The van der Waals surface area contributed by atoms with Gasteiger partial charge in [-0.15, -0.1) is 0 Å². The number of aromatic amines is 1. The summed E-state index contributed by atoms with van der Waals surface area (Å²) >= 11 is 0. The molecule has 17 heavy (non-hydrogen) atoms. The average Bonchev–Trinajstić information content (AvgIpc) is 2.66. The summed E-state index contributed by atoms with van der Waals surface area (Å²) < 4.78 is 56.0. The quantitative estimate of drug-likeness (QED) is 0.804. The van der Waals surface area contributed by atoms with Gasteiger partial charge in [-0.25, -0.2) is 4.39 Å². The molecule has 0 fully saturated rings. The van der Waals surface area contributed by atoms with Crippen LogP contribution in [0.25, 0.3) is 10.9 Å². The fourth-order valence-corrected chi connectivity index (χ4v) is 1.57. The Bertz CT molecular complexity index is 544. The molecular weight excluding hydrogens is 238 g/mol. The predicted molar refractivity (Wildman–Crippen MR) is 54.4 cm³/mol. The van der Waals surface area contributed by atoms with Gasteiger partial charge in [-0.05, 0) is 25.1 Å². The molecule has 2 nitrogen and oxygen atoms in total. The molecule has 0 spiro atoms. The lowest BCUT2D eigenvalue weighted by Crippen LogP contribution is -2.04. The average molecular weight is 247 g/mol. The number of nitrogens with one attached hydrogen (secondary N) is 1. The lowest BCUT2D eigenvalue weighted by molar-refractivity contribution is -0.140. The van der Waals surface area contributed by atoms with Crippen LogP contribution in [0.3, 0.4) is 0 Å². The predicted octanol–water partition coefficient (Wildman–Crippen LogP) is 3.72. The van der Waals surface area contributed by atoms with Gasteiger partial charge in [0.2, 0.25) is 0 Å². The van der Waals surface area contributed by atoms with Crippen LogP contribution < -0.4 is 4.74 Å². The second-order valence-electron chi connectivity index (χ2n) is 3.45. The number of hydrogen-bond acceptors (Lipinski definition) is 1. The Labute approximate surface area is 94.2 Å². The molecule has 0 amide bonds. The number of hydrogen-bond donors (Lipinski definition) is 1. The fraction of sp³-hybridized carbons (Fsp3) is 0.273. The summed E-state index contributed by atoms with van der Waals surface area (Å²) in [6.45, 7) is 1.92. The summed E-state index contributed by atoms with van der Waals surface area (Å²) in [4.78, 5) is 2.13. The first-order chi connectivity index (χ1) is 7.93. The van der Waals surface area contributed by atoms with Crippen molar-refractivity contribution in [2.45, 2.75) is 13.1 Å². The second-order valence-corrected chi connectivity index (χ2v) is 3.45. The first-order valence-electron chi connectivity index (χ1n) is 4.94. The lowest BCUT2D eigenvalue weighted by Gasteiger charge is -2.04. The maximum absolute atomic E-state index is 13.7. The summed E-state index contributed by atoms with van der Waals surface area (Å²) in [6.07, 6.45) is -4.52. The number of halogens is 4. The standard InChI is InChI=1S/C11H9F4NO/c1-2-17-8-4-3-7-6(10(8)12)5-9(16-7)11(13,14)15/h3-5,16H,2H2,1H3. The number of alkyl halides is 3. The highest BCUT2D eigenvalue weighted by Crippen LogP contribution is 2.34. The van der Waals surface area contributed by atoms with Gasteiger partial charge in [-0.2, -0.15) is 13.2 Å². The monoisotopic (exact) mass is 247 g/mol. The third kappa shape index (κ3) is 2.07. The van der Waals surface area contributed by atoms with Gasteiger partial charge in [0.05, 0.1) is 6.61 Å². The molecule has 6 heteroatoms. The molecule has 0 aliphatic heterocycles. The van der Waals surface area contributed by atoms with E-state index in [2.05, 4.69) is 4.98 Å². The van der Waals surface area contributed by atoms with Gasteiger partial charge in [0.25, 0.3) is 0 Å². The normalized spacial score (nSPS) is 12.1. The van der Waals surface area contributed by atoms with Crippen LogP contribution in [0, 0.1) is 5.82 Å². The molecule has 2 rings (SSSR count).